The van der Waals surface area contributed by atoms with Gasteiger partial charge in [0.15, 0.2) is 6.61 Å². The van der Waals surface area contributed by atoms with Crippen LogP contribution in [0.1, 0.15) is 57.1 Å². The normalized spacial score (nSPS) is 15.7. The van der Waals surface area contributed by atoms with Gasteiger partial charge in [-0.15, -0.1) is 0 Å². The predicted molar refractivity (Wildman–Crippen MR) is 103 cm³/mol. The standard InChI is InChI=1S/C21H30N2O4/c1-4-17-8-10-18(11-9-17)14-23(3)19(25)15-27-20(26)21(22-16(2)24)12-6-5-7-13-21/h8-11H,4-7,12-15H2,1-3H3,(H,22,24). The van der Waals surface area contributed by atoms with Gasteiger partial charge in [0.25, 0.3) is 5.91 Å². The Labute approximate surface area is 161 Å². The van der Waals surface area contributed by atoms with Crippen LogP contribution in [0.2, 0.25) is 0 Å². The lowest BCUT2D eigenvalue weighted by atomic mass is 9.81. The van der Waals surface area contributed by atoms with E-state index in [9.17, 15) is 14.4 Å². The van der Waals surface area contributed by atoms with Crippen LogP contribution in [-0.2, 0) is 32.1 Å². The van der Waals surface area contributed by atoms with E-state index in [4.69, 9.17) is 4.74 Å². The molecule has 1 N–H and O–H groups in total. The van der Waals surface area contributed by atoms with E-state index in [1.807, 2.05) is 24.3 Å². The Balaban J connectivity index is 1.90. The van der Waals surface area contributed by atoms with Crippen LogP contribution in [0.25, 0.3) is 0 Å². The van der Waals surface area contributed by atoms with E-state index >= 15 is 0 Å². The summed E-state index contributed by atoms with van der Waals surface area (Å²) in [5, 5.41) is 2.76. The first kappa shape index (κ1) is 20.9. The maximum atomic E-state index is 12.6. The summed E-state index contributed by atoms with van der Waals surface area (Å²) in [7, 11) is 1.69. The third-order valence-electron chi connectivity index (χ3n) is 5.12. The number of nitrogens with zero attached hydrogens (tertiary/aromatic N) is 1. The summed E-state index contributed by atoms with van der Waals surface area (Å²) in [5.41, 5.74) is 1.28. The predicted octanol–water partition coefficient (Wildman–Crippen LogP) is 2.59. The molecule has 0 unspecified atom stereocenters. The molecule has 1 aromatic rings. The van der Waals surface area contributed by atoms with Gasteiger partial charge in [-0.3, -0.25) is 9.59 Å². The number of esters is 1. The van der Waals surface area contributed by atoms with Crippen LogP contribution in [0.15, 0.2) is 24.3 Å². The van der Waals surface area contributed by atoms with Crippen LogP contribution >= 0.6 is 0 Å². The fourth-order valence-electron chi connectivity index (χ4n) is 3.49. The van der Waals surface area contributed by atoms with Crippen LogP contribution < -0.4 is 5.32 Å². The van der Waals surface area contributed by atoms with Gasteiger partial charge in [-0.25, -0.2) is 4.79 Å². The lowest BCUT2D eigenvalue weighted by molar-refractivity contribution is -0.160. The Morgan fingerprint density at radius 2 is 1.67 bits per heavy atom. The number of carbonyl (C=O) groups is 3. The third kappa shape index (κ3) is 5.81. The Kier molecular flexibility index (Phi) is 7.39. The molecular weight excluding hydrogens is 344 g/mol. The first-order valence-electron chi connectivity index (χ1n) is 9.64. The summed E-state index contributed by atoms with van der Waals surface area (Å²) in [6.45, 7) is 3.63. The molecule has 0 bridgehead atoms. The molecule has 2 rings (SSSR count). The molecule has 1 aliphatic carbocycles. The number of likely N-dealkylation sites (N-methyl/N-ethyl adjacent to an activating group) is 1. The van der Waals surface area contributed by atoms with Gasteiger partial charge in [0, 0.05) is 20.5 Å². The summed E-state index contributed by atoms with van der Waals surface area (Å²) in [4.78, 5) is 38.0. The van der Waals surface area contributed by atoms with Crippen molar-refractivity contribution in [2.24, 2.45) is 0 Å². The molecule has 6 heteroatoms. The number of hydrogen-bond donors (Lipinski definition) is 1. The molecule has 6 nitrogen and oxygen atoms in total. The molecule has 0 atom stereocenters. The molecule has 1 fully saturated rings. The molecule has 27 heavy (non-hydrogen) atoms. The smallest absolute Gasteiger partial charge is 0.332 e. The number of amides is 2. The maximum absolute atomic E-state index is 12.6. The van der Waals surface area contributed by atoms with Crippen LogP contribution in [0, 0.1) is 0 Å². The maximum Gasteiger partial charge on any atom is 0.332 e. The Hall–Kier alpha value is -2.37. The van der Waals surface area contributed by atoms with Crippen molar-refractivity contribution in [3.05, 3.63) is 35.4 Å². The topological polar surface area (TPSA) is 75.7 Å². The number of ether oxygens (including phenoxy) is 1. The summed E-state index contributed by atoms with van der Waals surface area (Å²) < 4.78 is 5.30. The van der Waals surface area contributed by atoms with Crippen molar-refractivity contribution in [2.75, 3.05) is 13.7 Å². The van der Waals surface area contributed by atoms with Gasteiger partial charge in [0.05, 0.1) is 0 Å². The highest BCUT2D eigenvalue weighted by molar-refractivity contribution is 5.89. The van der Waals surface area contributed by atoms with Crippen molar-refractivity contribution in [2.45, 2.75) is 64.5 Å². The highest BCUT2D eigenvalue weighted by Gasteiger charge is 2.42. The molecule has 148 valence electrons. The van der Waals surface area contributed by atoms with Crippen molar-refractivity contribution in [3.8, 4) is 0 Å². The van der Waals surface area contributed by atoms with Crippen molar-refractivity contribution in [3.63, 3.8) is 0 Å². The summed E-state index contributed by atoms with van der Waals surface area (Å²) in [6, 6.07) is 8.10. The van der Waals surface area contributed by atoms with Crippen molar-refractivity contribution < 1.29 is 19.1 Å². The van der Waals surface area contributed by atoms with Crippen LogP contribution in [0.4, 0.5) is 0 Å². The van der Waals surface area contributed by atoms with Crippen LogP contribution in [0.5, 0.6) is 0 Å². The van der Waals surface area contributed by atoms with E-state index in [1.54, 1.807) is 11.9 Å². The van der Waals surface area contributed by atoms with E-state index in [-0.39, 0.29) is 18.4 Å². The van der Waals surface area contributed by atoms with Crippen LogP contribution in [0.3, 0.4) is 0 Å². The third-order valence-corrected chi connectivity index (χ3v) is 5.12. The fourth-order valence-corrected chi connectivity index (χ4v) is 3.49. The number of hydrogen-bond acceptors (Lipinski definition) is 4. The largest absolute Gasteiger partial charge is 0.454 e. The van der Waals surface area contributed by atoms with Gasteiger partial charge >= 0.3 is 5.97 Å². The first-order valence-corrected chi connectivity index (χ1v) is 9.64. The van der Waals surface area contributed by atoms with E-state index < -0.39 is 11.5 Å². The molecule has 1 saturated carbocycles. The van der Waals surface area contributed by atoms with Crippen LogP contribution in [-0.4, -0.2) is 41.9 Å². The summed E-state index contributed by atoms with van der Waals surface area (Å²) >= 11 is 0. The monoisotopic (exact) mass is 374 g/mol. The Morgan fingerprint density at radius 1 is 1.07 bits per heavy atom. The molecule has 0 heterocycles. The molecule has 0 radical (unpaired) electrons. The average molecular weight is 374 g/mol. The minimum atomic E-state index is -0.987. The molecule has 0 aliphatic heterocycles. The highest BCUT2D eigenvalue weighted by atomic mass is 16.5. The van der Waals surface area contributed by atoms with Gasteiger partial charge in [-0.2, -0.15) is 0 Å². The number of nitrogens with one attached hydrogen (secondary N) is 1. The van der Waals surface area contributed by atoms with Gasteiger partial charge in [-0.1, -0.05) is 50.5 Å². The Morgan fingerprint density at radius 3 is 2.22 bits per heavy atom. The SMILES string of the molecule is CCc1ccc(CN(C)C(=O)COC(=O)C2(NC(C)=O)CCCCC2)cc1. The number of rotatable bonds is 7. The molecule has 0 aromatic heterocycles. The zero-order chi connectivity index (χ0) is 19.9. The van der Waals surface area contributed by atoms with Gasteiger partial charge < -0.3 is 15.0 Å². The minimum absolute atomic E-state index is 0.257. The van der Waals surface area contributed by atoms with E-state index in [2.05, 4.69) is 12.2 Å². The average Bonchev–Trinajstić information content (AvgIpc) is 2.66. The molecular formula is C21H30N2O4. The van der Waals surface area contributed by atoms with Crippen molar-refractivity contribution in [1.29, 1.82) is 0 Å². The number of benzene rings is 1. The Bertz CT molecular complexity index is 663. The van der Waals surface area contributed by atoms with E-state index in [1.165, 1.54) is 12.5 Å². The molecule has 0 spiro atoms. The lowest BCUT2D eigenvalue weighted by Gasteiger charge is -2.35. The second kappa shape index (κ2) is 9.53. The first-order chi connectivity index (χ1) is 12.9. The summed E-state index contributed by atoms with van der Waals surface area (Å²) in [5.74, 6) is -1.03. The second-order valence-corrected chi connectivity index (χ2v) is 7.32. The molecule has 0 saturated heterocycles. The van der Waals surface area contributed by atoms with Gasteiger partial charge in [-0.05, 0) is 30.4 Å². The molecule has 1 aromatic carbocycles. The highest BCUT2D eigenvalue weighted by Crippen LogP contribution is 2.29. The number of aryl methyl sites for hydroxylation is 1. The minimum Gasteiger partial charge on any atom is -0.454 e. The van der Waals surface area contributed by atoms with Gasteiger partial charge in [0.2, 0.25) is 5.91 Å². The summed E-state index contributed by atoms with van der Waals surface area (Å²) in [6.07, 6.45) is 4.83. The zero-order valence-corrected chi connectivity index (χ0v) is 16.5. The molecule has 1 aliphatic rings. The number of carbonyl (C=O) groups excluding carboxylic acids is 3. The van der Waals surface area contributed by atoms with E-state index in [0.29, 0.717) is 19.4 Å². The fraction of sp³-hybridized carbons (Fsp3) is 0.571. The molecule has 2 amide bonds. The second-order valence-electron chi connectivity index (χ2n) is 7.32. The quantitative estimate of drug-likeness (QED) is 0.745. The van der Waals surface area contributed by atoms with Crippen molar-refractivity contribution in [1.82, 2.24) is 10.2 Å². The van der Waals surface area contributed by atoms with Gasteiger partial charge in [0.1, 0.15) is 5.54 Å². The lowest BCUT2D eigenvalue weighted by Crippen LogP contribution is -2.56. The zero-order valence-electron chi connectivity index (χ0n) is 16.5. The van der Waals surface area contributed by atoms with E-state index in [0.717, 1.165) is 31.2 Å². The van der Waals surface area contributed by atoms with Crippen molar-refractivity contribution >= 4 is 17.8 Å².